The third kappa shape index (κ3) is 3.26. The summed E-state index contributed by atoms with van der Waals surface area (Å²) < 4.78 is 0.677. The van der Waals surface area contributed by atoms with Gasteiger partial charge in [-0.3, -0.25) is 10.1 Å². The first-order valence-corrected chi connectivity index (χ1v) is 5.05. The van der Waals surface area contributed by atoms with E-state index in [0.717, 1.165) is 0 Å². The third-order valence-corrected chi connectivity index (χ3v) is 2.23. The summed E-state index contributed by atoms with van der Waals surface area (Å²) in [4.78, 5) is 10.3. The minimum absolute atomic E-state index is 0.0430. The van der Waals surface area contributed by atoms with Gasteiger partial charge in [-0.15, -0.1) is 12.3 Å². The van der Waals surface area contributed by atoms with E-state index in [1.165, 1.54) is 6.07 Å². The number of anilines is 1. The van der Waals surface area contributed by atoms with Gasteiger partial charge in [0.1, 0.15) is 5.69 Å². The lowest BCUT2D eigenvalue weighted by atomic mass is 10.2. The molecule has 0 fully saturated rings. The number of halogens is 1. The maximum absolute atomic E-state index is 10.7. The van der Waals surface area contributed by atoms with Crippen molar-refractivity contribution >= 4 is 27.3 Å². The smallest absolute Gasteiger partial charge is 0.293 e. The molecule has 5 heteroatoms. The maximum Gasteiger partial charge on any atom is 0.293 e. The summed E-state index contributed by atoms with van der Waals surface area (Å²) in [6.45, 7) is 0.527. The predicted molar refractivity (Wildman–Crippen MR) is 62.7 cm³/mol. The van der Waals surface area contributed by atoms with E-state index in [0.29, 0.717) is 23.1 Å². The molecule has 0 aliphatic carbocycles. The van der Waals surface area contributed by atoms with Gasteiger partial charge in [0, 0.05) is 23.5 Å². The van der Waals surface area contributed by atoms with Gasteiger partial charge in [0.2, 0.25) is 0 Å². The number of nitro groups is 1. The van der Waals surface area contributed by atoms with Crippen LogP contribution in [0, 0.1) is 22.5 Å². The largest absolute Gasteiger partial charge is 0.379 e. The van der Waals surface area contributed by atoms with Crippen LogP contribution in [0.1, 0.15) is 6.42 Å². The Morgan fingerprint density at radius 2 is 2.33 bits per heavy atom. The van der Waals surface area contributed by atoms with Crippen LogP contribution in [-0.2, 0) is 0 Å². The number of hydrogen-bond acceptors (Lipinski definition) is 3. The first-order chi connectivity index (χ1) is 7.15. The molecule has 1 aromatic rings. The lowest BCUT2D eigenvalue weighted by Gasteiger charge is -2.05. The predicted octanol–water partition coefficient (Wildman–Crippen LogP) is 2.79. The Balaban J connectivity index is 2.87. The zero-order valence-electron chi connectivity index (χ0n) is 7.87. The molecule has 0 bridgehead atoms. The van der Waals surface area contributed by atoms with Crippen LogP contribution in [0.25, 0.3) is 0 Å². The molecule has 1 N–H and O–H groups in total. The zero-order valence-corrected chi connectivity index (χ0v) is 9.45. The molecule has 0 spiro atoms. The molecule has 15 heavy (non-hydrogen) atoms. The van der Waals surface area contributed by atoms with Gasteiger partial charge in [0.25, 0.3) is 5.69 Å². The summed E-state index contributed by atoms with van der Waals surface area (Å²) >= 11 is 3.18. The molecule has 0 amide bonds. The number of nitrogens with zero attached hydrogens (tertiary/aromatic N) is 1. The molecule has 0 unspecified atom stereocenters. The molecule has 0 aliphatic heterocycles. The number of benzene rings is 1. The van der Waals surface area contributed by atoms with Crippen LogP contribution >= 0.6 is 15.9 Å². The van der Waals surface area contributed by atoms with Crippen molar-refractivity contribution in [3.63, 3.8) is 0 Å². The van der Waals surface area contributed by atoms with Crippen LogP contribution in [0.3, 0.4) is 0 Å². The molecule has 0 saturated heterocycles. The molecule has 1 rings (SSSR count). The summed E-state index contributed by atoms with van der Waals surface area (Å²) in [6.07, 6.45) is 5.62. The van der Waals surface area contributed by atoms with E-state index >= 15 is 0 Å². The first kappa shape index (κ1) is 11.5. The topological polar surface area (TPSA) is 55.2 Å². The van der Waals surface area contributed by atoms with E-state index in [-0.39, 0.29) is 5.69 Å². The van der Waals surface area contributed by atoms with Crippen molar-refractivity contribution in [3.05, 3.63) is 32.8 Å². The lowest BCUT2D eigenvalue weighted by molar-refractivity contribution is -0.384. The molecular formula is C10H9BrN2O2. The quantitative estimate of drug-likeness (QED) is 0.396. The fraction of sp³-hybridized carbons (Fsp3) is 0.200. The molecule has 0 radical (unpaired) electrons. The van der Waals surface area contributed by atoms with Gasteiger partial charge in [0.15, 0.2) is 0 Å². The fourth-order valence-corrected chi connectivity index (χ4v) is 1.42. The third-order valence-electron chi connectivity index (χ3n) is 1.74. The Hall–Kier alpha value is -1.54. The number of nitrogens with one attached hydrogen (secondary N) is 1. The highest BCUT2D eigenvalue weighted by molar-refractivity contribution is 9.10. The van der Waals surface area contributed by atoms with E-state index in [1.54, 1.807) is 12.1 Å². The second kappa shape index (κ2) is 5.37. The van der Waals surface area contributed by atoms with Gasteiger partial charge >= 0.3 is 0 Å². The van der Waals surface area contributed by atoms with Gasteiger partial charge in [0.05, 0.1) is 4.92 Å². The highest BCUT2D eigenvalue weighted by atomic mass is 79.9. The monoisotopic (exact) mass is 268 g/mol. The van der Waals surface area contributed by atoms with E-state index in [4.69, 9.17) is 6.42 Å². The van der Waals surface area contributed by atoms with Crippen LogP contribution < -0.4 is 5.32 Å². The summed E-state index contributed by atoms with van der Waals surface area (Å²) in [6, 6.07) is 4.85. The van der Waals surface area contributed by atoms with Gasteiger partial charge in [-0.1, -0.05) is 15.9 Å². The average Bonchev–Trinajstić information content (AvgIpc) is 2.20. The second-order valence-electron chi connectivity index (χ2n) is 2.80. The van der Waals surface area contributed by atoms with Crippen LogP contribution in [-0.4, -0.2) is 11.5 Å². The molecule has 0 atom stereocenters. The Labute approximate surface area is 96.0 Å². The van der Waals surface area contributed by atoms with Crippen molar-refractivity contribution < 1.29 is 4.92 Å². The highest BCUT2D eigenvalue weighted by Gasteiger charge is 2.12. The molecule has 0 aromatic heterocycles. The van der Waals surface area contributed by atoms with Gasteiger partial charge < -0.3 is 5.32 Å². The Kier molecular flexibility index (Phi) is 4.13. The van der Waals surface area contributed by atoms with Crippen LogP contribution in [0.5, 0.6) is 0 Å². The van der Waals surface area contributed by atoms with Crippen molar-refractivity contribution in [2.45, 2.75) is 6.42 Å². The number of nitro benzene ring substituents is 1. The van der Waals surface area contributed by atoms with E-state index in [1.807, 2.05) is 0 Å². The molecule has 1 aromatic carbocycles. The summed E-state index contributed by atoms with van der Waals surface area (Å²) in [5.74, 6) is 2.46. The van der Waals surface area contributed by atoms with Crippen molar-refractivity contribution in [1.29, 1.82) is 0 Å². The summed E-state index contributed by atoms with van der Waals surface area (Å²) in [5.41, 5.74) is 0.528. The molecule has 0 aliphatic rings. The van der Waals surface area contributed by atoms with Crippen LogP contribution in [0.15, 0.2) is 22.7 Å². The van der Waals surface area contributed by atoms with Crippen LogP contribution in [0.4, 0.5) is 11.4 Å². The second-order valence-corrected chi connectivity index (χ2v) is 3.72. The van der Waals surface area contributed by atoms with Crippen molar-refractivity contribution in [2.24, 2.45) is 0 Å². The summed E-state index contributed by atoms with van der Waals surface area (Å²) in [5, 5.41) is 13.6. The number of terminal acetylenes is 1. The number of rotatable bonds is 4. The minimum Gasteiger partial charge on any atom is -0.379 e. The first-order valence-electron chi connectivity index (χ1n) is 4.26. The lowest BCUT2D eigenvalue weighted by Crippen LogP contribution is -2.03. The van der Waals surface area contributed by atoms with E-state index < -0.39 is 4.92 Å². The fourth-order valence-electron chi connectivity index (χ4n) is 1.07. The maximum atomic E-state index is 10.7. The minimum atomic E-state index is -0.428. The van der Waals surface area contributed by atoms with Crippen molar-refractivity contribution in [2.75, 3.05) is 11.9 Å². The van der Waals surface area contributed by atoms with Crippen molar-refractivity contribution in [1.82, 2.24) is 0 Å². The van der Waals surface area contributed by atoms with E-state index in [2.05, 4.69) is 27.2 Å². The molecule has 0 heterocycles. The molecule has 0 saturated carbocycles. The SMILES string of the molecule is C#CCCNc1ccc(Br)cc1[N+](=O)[O-]. The average molecular weight is 269 g/mol. The zero-order chi connectivity index (χ0) is 11.3. The van der Waals surface area contributed by atoms with E-state index in [9.17, 15) is 10.1 Å². The van der Waals surface area contributed by atoms with Gasteiger partial charge in [-0.2, -0.15) is 0 Å². The Bertz CT molecular complexity index is 412. The van der Waals surface area contributed by atoms with Gasteiger partial charge in [-0.05, 0) is 12.1 Å². The van der Waals surface area contributed by atoms with Crippen molar-refractivity contribution in [3.8, 4) is 12.3 Å². The Morgan fingerprint density at radius 1 is 1.60 bits per heavy atom. The molecular weight excluding hydrogens is 260 g/mol. The highest BCUT2D eigenvalue weighted by Crippen LogP contribution is 2.27. The van der Waals surface area contributed by atoms with Crippen LogP contribution in [0.2, 0.25) is 0 Å². The normalized spacial score (nSPS) is 9.33. The molecule has 78 valence electrons. The number of hydrogen-bond donors (Lipinski definition) is 1. The van der Waals surface area contributed by atoms with Gasteiger partial charge in [-0.25, -0.2) is 0 Å². The summed E-state index contributed by atoms with van der Waals surface area (Å²) in [7, 11) is 0. The molecule has 4 nitrogen and oxygen atoms in total. The Morgan fingerprint density at radius 3 is 2.93 bits per heavy atom. The standard InChI is InChI=1S/C10H9BrN2O2/c1-2-3-6-12-9-5-4-8(11)7-10(9)13(14)15/h1,4-5,7,12H,3,6H2.